The van der Waals surface area contributed by atoms with Crippen LogP contribution in [0.25, 0.3) is 22.2 Å². The maximum atomic E-state index is 5.32. The maximum absolute atomic E-state index is 5.32. The average molecular weight is 331 g/mol. The summed E-state index contributed by atoms with van der Waals surface area (Å²) in [5, 5.41) is 4.07. The third kappa shape index (κ3) is 2.84. The predicted molar refractivity (Wildman–Crippen MR) is 99.6 cm³/mol. The summed E-state index contributed by atoms with van der Waals surface area (Å²) in [6.07, 6.45) is 2.92. The summed E-state index contributed by atoms with van der Waals surface area (Å²) in [6.45, 7) is 7.00. The highest BCUT2D eigenvalue weighted by Gasteiger charge is 2.13. The lowest BCUT2D eigenvalue weighted by molar-refractivity contribution is 0.393. The molecule has 2 aromatic carbocycles. The largest absolute Gasteiger partial charge is 0.361 e. The molecule has 0 spiro atoms. The zero-order valence-electron chi connectivity index (χ0n) is 14.8. The molecule has 0 aliphatic heterocycles. The molecule has 2 heterocycles. The van der Waals surface area contributed by atoms with Gasteiger partial charge in [0, 0.05) is 12.1 Å². The Morgan fingerprint density at radius 3 is 2.64 bits per heavy atom. The Bertz CT molecular complexity index is 1020. The van der Waals surface area contributed by atoms with Gasteiger partial charge in [0.05, 0.1) is 23.1 Å². The summed E-state index contributed by atoms with van der Waals surface area (Å²) < 4.78 is 7.55. The van der Waals surface area contributed by atoms with E-state index in [1.54, 1.807) is 0 Å². The SMILES string of the molecule is Cc1ccccc1CCn1cnc2ccc(-c3c(C)noc3C)cc21. The van der Waals surface area contributed by atoms with E-state index >= 15 is 0 Å². The van der Waals surface area contributed by atoms with Crippen molar-refractivity contribution in [2.75, 3.05) is 0 Å². The fraction of sp³-hybridized carbons (Fsp3) is 0.238. The second kappa shape index (κ2) is 6.20. The van der Waals surface area contributed by atoms with Crippen LogP contribution in [0.3, 0.4) is 0 Å². The fourth-order valence-corrected chi connectivity index (χ4v) is 3.42. The number of rotatable bonds is 4. The summed E-state index contributed by atoms with van der Waals surface area (Å²) in [7, 11) is 0. The zero-order chi connectivity index (χ0) is 17.4. The number of fused-ring (bicyclic) bond motifs is 1. The van der Waals surface area contributed by atoms with Crippen molar-refractivity contribution in [1.82, 2.24) is 14.7 Å². The van der Waals surface area contributed by atoms with Crippen molar-refractivity contribution in [3.05, 3.63) is 71.4 Å². The van der Waals surface area contributed by atoms with Crippen LogP contribution in [0.5, 0.6) is 0 Å². The molecular formula is C21H21N3O. The van der Waals surface area contributed by atoms with Crippen LogP contribution in [0.4, 0.5) is 0 Å². The molecule has 0 fully saturated rings. The first kappa shape index (κ1) is 15.6. The van der Waals surface area contributed by atoms with E-state index in [2.05, 4.69) is 64.1 Å². The average Bonchev–Trinajstić information content (AvgIpc) is 3.17. The van der Waals surface area contributed by atoms with Gasteiger partial charge >= 0.3 is 0 Å². The van der Waals surface area contributed by atoms with Gasteiger partial charge in [-0.1, -0.05) is 35.5 Å². The molecule has 0 saturated carbocycles. The summed E-state index contributed by atoms with van der Waals surface area (Å²) in [5.74, 6) is 0.850. The topological polar surface area (TPSA) is 43.9 Å². The van der Waals surface area contributed by atoms with Crippen molar-refractivity contribution < 1.29 is 4.52 Å². The molecule has 0 atom stereocenters. The molecule has 4 heteroatoms. The Balaban J connectivity index is 1.69. The first-order valence-electron chi connectivity index (χ1n) is 8.56. The maximum Gasteiger partial charge on any atom is 0.141 e. The van der Waals surface area contributed by atoms with Crippen LogP contribution in [0.1, 0.15) is 22.6 Å². The summed E-state index contributed by atoms with van der Waals surface area (Å²) in [4.78, 5) is 4.54. The summed E-state index contributed by atoms with van der Waals surface area (Å²) in [5.41, 5.74) is 8.00. The van der Waals surface area contributed by atoms with Gasteiger partial charge in [0.25, 0.3) is 0 Å². The van der Waals surface area contributed by atoms with Crippen molar-refractivity contribution >= 4 is 11.0 Å². The molecule has 0 amide bonds. The Labute approximate surface area is 147 Å². The highest BCUT2D eigenvalue weighted by molar-refractivity contribution is 5.83. The van der Waals surface area contributed by atoms with Crippen molar-refractivity contribution in [3.63, 3.8) is 0 Å². The molecule has 2 aromatic heterocycles. The minimum Gasteiger partial charge on any atom is -0.361 e. The second-order valence-electron chi connectivity index (χ2n) is 6.52. The lowest BCUT2D eigenvalue weighted by Gasteiger charge is -2.08. The molecule has 126 valence electrons. The smallest absolute Gasteiger partial charge is 0.141 e. The van der Waals surface area contributed by atoms with Gasteiger partial charge in [-0.25, -0.2) is 4.98 Å². The molecule has 0 saturated heterocycles. The third-order valence-corrected chi connectivity index (χ3v) is 4.83. The van der Waals surface area contributed by atoms with Crippen molar-refractivity contribution in [2.45, 2.75) is 33.7 Å². The van der Waals surface area contributed by atoms with Crippen LogP contribution in [0.15, 0.2) is 53.3 Å². The highest BCUT2D eigenvalue weighted by Crippen LogP contribution is 2.29. The number of hydrogen-bond donors (Lipinski definition) is 0. The van der Waals surface area contributed by atoms with Gasteiger partial charge in [0.1, 0.15) is 5.76 Å². The van der Waals surface area contributed by atoms with E-state index < -0.39 is 0 Å². The molecule has 0 unspecified atom stereocenters. The number of aromatic nitrogens is 3. The van der Waals surface area contributed by atoms with Crippen molar-refractivity contribution in [2.24, 2.45) is 0 Å². The molecular weight excluding hydrogens is 310 g/mol. The molecule has 4 nitrogen and oxygen atoms in total. The molecule has 0 radical (unpaired) electrons. The van der Waals surface area contributed by atoms with E-state index in [1.165, 1.54) is 11.1 Å². The van der Waals surface area contributed by atoms with E-state index in [1.807, 2.05) is 20.2 Å². The van der Waals surface area contributed by atoms with E-state index in [0.29, 0.717) is 0 Å². The van der Waals surface area contributed by atoms with E-state index in [0.717, 1.165) is 46.6 Å². The van der Waals surface area contributed by atoms with Crippen LogP contribution >= 0.6 is 0 Å². The van der Waals surface area contributed by atoms with E-state index in [4.69, 9.17) is 4.52 Å². The van der Waals surface area contributed by atoms with Crippen LogP contribution < -0.4 is 0 Å². The van der Waals surface area contributed by atoms with Gasteiger partial charge in [-0.2, -0.15) is 0 Å². The fourth-order valence-electron chi connectivity index (χ4n) is 3.42. The molecule has 4 rings (SSSR count). The summed E-state index contributed by atoms with van der Waals surface area (Å²) >= 11 is 0. The number of imidazole rings is 1. The first-order chi connectivity index (χ1) is 12.1. The normalized spacial score (nSPS) is 11.3. The number of benzene rings is 2. The Morgan fingerprint density at radius 1 is 1.04 bits per heavy atom. The minimum atomic E-state index is 0.850. The molecule has 0 bridgehead atoms. The van der Waals surface area contributed by atoms with Crippen molar-refractivity contribution in [3.8, 4) is 11.1 Å². The quantitative estimate of drug-likeness (QED) is 0.536. The van der Waals surface area contributed by atoms with Gasteiger partial charge in [-0.05, 0) is 56.0 Å². The van der Waals surface area contributed by atoms with Gasteiger partial charge in [-0.3, -0.25) is 0 Å². The minimum absolute atomic E-state index is 0.850. The van der Waals surface area contributed by atoms with E-state index in [-0.39, 0.29) is 0 Å². The van der Waals surface area contributed by atoms with Gasteiger partial charge < -0.3 is 9.09 Å². The van der Waals surface area contributed by atoms with Crippen LogP contribution in [0.2, 0.25) is 0 Å². The van der Waals surface area contributed by atoms with Crippen LogP contribution in [-0.4, -0.2) is 14.7 Å². The van der Waals surface area contributed by atoms with Gasteiger partial charge in [-0.15, -0.1) is 0 Å². The van der Waals surface area contributed by atoms with Gasteiger partial charge in [0.2, 0.25) is 0 Å². The Kier molecular flexibility index (Phi) is 3.88. The molecule has 0 aliphatic rings. The second-order valence-corrected chi connectivity index (χ2v) is 6.52. The standard InChI is InChI=1S/C21H21N3O/c1-14-6-4-5-7-17(14)10-11-24-13-22-19-9-8-18(12-20(19)24)21-15(2)23-25-16(21)3/h4-9,12-13H,10-11H2,1-3H3. The highest BCUT2D eigenvalue weighted by atomic mass is 16.5. The van der Waals surface area contributed by atoms with Crippen LogP contribution in [0, 0.1) is 20.8 Å². The Morgan fingerprint density at radius 2 is 1.88 bits per heavy atom. The molecule has 0 aliphatic carbocycles. The van der Waals surface area contributed by atoms with E-state index in [9.17, 15) is 0 Å². The first-order valence-corrected chi connectivity index (χ1v) is 8.56. The zero-order valence-corrected chi connectivity index (χ0v) is 14.8. The third-order valence-electron chi connectivity index (χ3n) is 4.83. The molecule has 25 heavy (non-hydrogen) atoms. The molecule has 0 N–H and O–H groups in total. The number of aryl methyl sites for hydroxylation is 5. The summed E-state index contributed by atoms with van der Waals surface area (Å²) in [6, 6.07) is 14.9. The number of hydrogen-bond acceptors (Lipinski definition) is 3. The Hall–Kier alpha value is -2.88. The molecule has 4 aromatic rings. The lowest BCUT2D eigenvalue weighted by atomic mass is 10.0. The van der Waals surface area contributed by atoms with Gasteiger partial charge in [0.15, 0.2) is 0 Å². The number of nitrogens with zero attached hydrogens (tertiary/aromatic N) is 3. The monoisotopic (exact) mass is 331 g/mol. The lowest BCUT2D eigenvalue weighted by Crippen LogP contribution is -2.01. The van der Waals surface area contributed by atoms with Crippen molar-refractivity contribution in [1.29, 1.82) is 0 Å². The predicted octanol–water partition coefficient (Wildman–Crippen LogP) is 4.86. The van der Waals surface area contributed by atoms with Crippen LogP contribution in [-0.2, 0) is 13.0 Å².